The van der Waals surface area contributed by atoms with Crippen molar-refractivity contribution < 1.29 is 13.2 Å². The summed E-state index contributed by atoms with van der Waals surface area (Å²) in [4.78, 5) is 4.27. The molecule has 4 rings (SSSR count). The summed E-state index contributed by atoms with van der Waals surface area (Å²) in [6.45, 7) is 2.65. The lowest BCUT2D eigenvalue weighted by atomic mass is 9.98. The number of piperidine rings is 1. The molecule has 0 amide bonds. The molecule has 1 aliphatic rings. The van der Waals surface area contributed by atoms with Crippen LogP contribution in [0, 0.1) is 11.3 Å². The molecule has 0 spiro atoms. The van der Waals surface area contributed by atoms with Gasteiger partial charge in [-0.05, 0) is 66.5 Å². The van der Waals surface area contributed by atoms with Crippen molar-refractivity contribution in [1.82, 2.24) is 9.29 Å². The van der Waals surface area contributed by atoms with Gasteiger partial charge < -0.3 is 4.74 Å². The Morgan fingerprint density at radius 1 is 1.16 bits per heavy atom. The number of hydrogen-bond donors (Lipinski definition) is 0. The molecule has 0 unspecified atom stereocenters. The third-order valence-corrected chi connectivity index (χ3v) is 7.84. The topological polar surface area (TPSA) is 83.3 Å². The molecule has 3 aromatic rings. The lowest BCUT2D eigenvalue weighted by molar-refractivity contribution is 0.137. The zero-order chi connectivity index (χ0) is 22.6. The van der Waals surface area contributed by atoms with Crippen LogP contribution in [0.15, 0.2) is 54.9 Å². The van der Waals surface area contributed by atoms with E-state index < -0.39 is 10.0 Å². The molecule has 1 saturated heterocycles. The monoisotopic (exact) mass is 449 g/mol. The van der Waals surface area contributed by atoms with E-state index in [9.17, 15) is 8.42 Å². The first-order chi connectivity index (χ1) is 15.5. The van der Waals surface area contributed by atoms with Gasteiger partial charge in [-0.3, -0.25) is 4.98 Å². The van der Waals surface area contributed by atoms with Gasteiger partial charge in [-0.1, -0.05) is 24.3 Å². The number of ether oxygens (including phenoxy) is 1. The van der Waals surface area contributed by atoms with Crippen LogP contribution in [0.5, 0.6) is 5.75 Å². The predicted octanol–water partition coefficient (Wildman–Crippen LogP) is 4.55. The molecule has 0 atom stereocenters. The van der Waals surface area contributed by atoms with Gasteiger partial charge in [0.05, 0.1) is 11.8 Å². The van der Waals surface area contributed by atoms with Crippen molar-refractivity contribution in [3.63, 3.8) is 0 Å². The van der Waals surface area contributed by atoms with Gasteiger partial charge in [0.15, 0.2) is 0 Å². The minimum absolute atomic E-state index is 0.0427. The van der Waals surface area contributed by atoms with Crippen LogP contribution in [0.1, 0.15) is 31.7 Å². The first-order valence-electron chi connectivity index (χ1n) is 11.0. The Morgan fingerprint density at radius 3 is 2.72 bits per heavy atom. The predicted molar refractivity (Wildman–Crippen MR) is 126 cm³/mol. The van der Waals surface area contributed by atoms with E-state index in [1.807, 2.05) is 30.5 Å². The number of nitrogens with zero attached hydrogens (tertiary/aromatic N) is 3. The van der Waals surface area contributed by atoms with Crippen LogP contribution in [-0.4, -0.2) is 42.7 Å². The third-order valence-electron chi connectivity index (χ3n) is 5.96. The van der Waals surface area contributed by atoms with Crippen molar-refractivity contribution in [2.45, 2.75) is 38.7 Å². The summed E-state index contributed by atoms with van der Waals surface area (Å²) in [5, 5.41) is 10.9. The Hall–Kier alpha value is -2.95. The zero-order valence-corrected chi connectivity index (χ0v) is 19.0. The Morgan fingerprint density at radius 2 is 1.97 bits per heavy atom. The maximum Gasteiger partial charge on any atom is 0.213 e. The van der Waals surface area contributed by atoms with E-state index in [0.29, 0.717) is 32.4 Å². The minimum Gasteiger partial charge on any atom is -0.490 e. The molecule has 2 heterocycles. The first-order valence-corrected chi connectivity index (χ1v) is 12.6. The van der Waals surface area contributed by atoms with Crippen molar-refractivity contribution in [3.8, 4) is 22.9 Å². The van der Waals surface area contributed by atoms with E-state index >= 15 is 0 Å². The van der Waals surface area contributed by atoms with Crippen molar-refractivity contribution in [2.24, 2.45) is 0 Å². The highest BCUT2D eigenvalue weighted by atomic mass is 32.2. The van der Waals surface area contributed by atoms with E-state index in [0.717, 1.165) is 39.6 Å². The molecular weight excluding hydrogens is 422 g/mol. The summed E-state index contributed by atoms with van der Waals surface area (Å²) in [5.41, 5.74) is 3.25. The maximum absolute atomic E-state index is 12.1. The number of aromatic nitrogens is 1. The Balaban J connectivity index is 1.61. The molecule has 7 heteroatoms. The number of fused-ring (bicyclic) bond motifs is 1. The summed E-state index contributed by atoms with van der Waals surface area (Å²) in [6, 6.07) is 16.6. The first kappa shape index (κ1) is 22.3. The number of rotatable bonds is 7. The molecule has 1 fully saturated rings. The van der Waals surface area contributed by atoms with Crippen molar-refractivity contribution >= 4 is 20.8 Å². The van der Waals surface area contributed by atoms with Gasteiger partial charge in [-0.15, -0.1) is 0 Å². The largest absolute Gasteiger partial charge is 0.490 e. The van der Waals surface area contributed by atoms with E-state index in [1.54, 1.807) is 17.4 Å². The second-order valence-corrected chi connectivity index (χ2v) is 10.3. The molecule has 0 saturated carbocycles. The molecule has 2 aromatic carbocycles. The molecule has 6 nitrogen and oxygen atoms in total. The molecule has 32 heavy (non-hydrogen) atoms. The van der Waals surface area contributed by atoms with Gasteiger partial charge >= 0.3 is 0 Å². The quantitative estimate of drug-likeness (QED) is 0.528. The van der Waals surface area contributed by atoms with Crippen LogP contribution in [-0.2, 0) is 16.4 Å². The second-order valence-electron chi connectivity index (χ2n) is 8.05. The maximum atomic E-state index is 12.1. The van der Waals surface area contributed by atoms with Gasteiger partial charge in [0.1, 0.15) is 11.9 Å². The summed E-state index contributed by atoms with van der Waals surface area (Å²) >= 11 is 0. The lowest BCUT2D eigenvalue weighted by Crippen LogP contribution is -2.42. The Bertz CT molecular complexity index is 1240. The SMILES string of the molecule is CCS(=O)(=O)N1CCC(Oc2cc(-c3cccc(CCC#N)c3)cc3ccncc23)CC1. The van der Waals surface area contributed by atoms with Crippen LogP contribution in [0.25, 0.3) is 21.9 Å². The molecule has 166 valence electrons. The second kappa shape index (κ2) is 9.68. The van der Waals surface area contributed by atoms with Gasteiger partial charge in [-0.25, -0.2) is 12.7 Å². The number of aryl methyl sites for hydroxylation is 1. The van der Waals surface area contributed by atoms with Crippen LogP contribution in [0.2, 0.25) is 0 Å². The van der Waals surface area contributed by atoms with Crippen LogP contribution in [0.4, 0.5) is 0 Å². The van der Waals surface area contributed by atoms with Crippen LogP contribution < -0.4 is 4.74 Å². The average Bonchev–Trinajstić information content (AvgIpc) is 2.83. The summed E-state index contributed by atoms with van der Waals surface area (Å²) in [5.74, 6) is 0.898. The normalized spacial score (nSPS) is 15.5. The molecule has 0 radical (unpaired) electrons. The highest BCUT2D eigenvalue weighted by molar-refractivity contribution is 7.89. The standard InChI is InChI=1S/C25H27N3O3S/c1-2-32(29,30)28-13-9-23(10-14-28)31-25-17-22(16-21-8-12-27-18-24(21)25)20-7-3-5-19(15-20)6-4-11-26/h3,5,7-8,12,15-18,23H,2,4,6,9-10,13-14H2,1H3. The Kier molecular flexibility index (Phi) is 6.73. The number of sulfonamides is 1. The third kappa shape index (κ3) is 4.93. The lowest BCUT2D eigenvalue weighted by Gasteiger charge is -2.31. The van der Waals surface area contributed by atoms with E-state index in [-0.39, 0.29) is 11.9 Å². The molecule has 1 aliphatic heterocycles. The fraction of sp³-hybridized carbons (Fsp3) is 0.360. The van der Waals surface area contributed by atoms with E-state index in [2.05, 4.69) is 29.3 Å². The number of hydrogen-bond acceptors (Lipinski definition) is 5. The minimum atomic E-state index is -3.16. The molecule has 1 aromatic heterocycles. The number of benzene rings is 2. The van der Waals surface area contributed by atoms with Gasteiger partial charge in [0.25, 0.3) is 0 Å². The fourth-order valence-electron chi connectivity index (χ4n) is 4.13. The molecular formula is C25H27N3O3S. The summed E-state index contributed by atoms with van der Waals surface area (Å²) in [7, 11) is -3.16. The van der Waals surface area contributed by atoms with Crippen molar-refractivity contribution in [2.75, 3.05) is 18.8 Å². The van der Waals surface area contributed by atoms with E-state index in [4.69, 9.17) is 10.00 Å². The number of nitriles is 1. The zero-order valence-electron chi connectivity index (χ0n) is 18.2. The van der Waals surface area contributed by atoms with Crippen LogP contribution in [0.3, 0.4) is 0 Å². The number of pyridine rings is 1. The van der Waals surface area contributed by atoms with Gasteiger partial charge in [0, 0.05) is 37.3 Å². The van der Waals surface area contributed by atoms with E-state index in [1.165, 1.54) is 0 Å². The summed E-state index contributed by atoms with van der Waals surface area (Å²) < 4.78 is 32.3. The highest BCUT2D eigenvalue weighted by Crippen LogP contribution is 2.34. The fourth-order valence-corrected chi connectivity index (χ4v) is 5.26. The van der Waals surface area contributed by atoms with Gasteiger partial charge in [0.2, 0.25) is 10.0 Å². The smallest absolute Gasteiger partial charge is 0.213 e. The van der Waals surface area contributed by atoms with Crippen LogP contribution >= 0.6 is 0 Å². The van der Waals surface area contributed by atoms with Crippen molar-refractivity contribution in [1.29, 1.82) is 5.26 Å². The highest BCUT2D eigenvalue weighted by Gasteiger charge is 2.28. The van der Waals surface area contributed by atoms with Crippen molar-refractivity contribution in [3.05, 3.63) is 60.4 Å². The molecule has 0 bridgehead atoms. The molecule has 0 aliphatic carbocycles. The Labute approximate surface area is 189 Å². The average molecular weight is 450 g/mol. The van der Waals surface area contributed by atoms with Gasteiger partial charge in [-0.2, -0.15) is 5.26 Å². The molecule has 0 N–H and O–H groups in total. The summed E-state index contributed by atoms with van der Waals surface area (Å²) in [6.07, 6.45) is 6.09.